The number of halogens is 1. The average Bonchev–Trinajstić information content (AvgIpc) is 3.13. The first-order chi connectivity index (χ1) is 16.4. The van der Waals surface area contributed by atoms with Crippen molar-refractivity contribution in [2.24, 2.45) is 5.92 Å². The molecular formula is C25H38ClN3O5S. The molecule has 1 aromatic heterocycles. The zero-order chi connectivity index (χ0) is 26.0. The number of carbonyl (C=O) groups is 1. The van der Waals surface area contributed by atoms with Crippen LogP contribution >= 0.6 is 11.6 Å². The van der Waals surface area contributed by atoms with Crippen LogP contribution in [-0.2, 0) is 21.0 Å². The number of carbonyl (C=O) groups excluding carboxylic acids is 1. The molecule has 0 aromatic carbocycles. The van der Waals surface area contributed by atoms with Crippen molar-refractivity contribution in [2.75, 3.05) is 19.9 Å². The van der Waals surface area contributed by atoms with Gasteiger partial charge in [0.2, 0.25) is 0 Å². The van der Waals surface area contributed by atoms with Crippen LogP contribution < -0.4 is 5.32 Å². The molecule has 1 atom stereocenters. The molecule has 2 N–H and O–H groups in total. The average molecular weight is 528 g/mol. The molecule has 0 saturated heterocycles. The molecule has 0 spiro atoms. The van der Waals surface area contributed by atoms with Crippen LogP contribution in [0.15, 0.2) is 17.7 Å². The van der Waals surface area contributed by atoms with Crippen molar-refractivity contribution in [1.82, 2.24) is 14.9 Å². The lowest BCUT2D eigenvalue weighted by Crippen LogP contribution is -2.47. The molecule has 1 heterocycles. The molecule has 0 unspecified atom stereocenters. The zero-order valence-corrected chi connectivity index (χ0v) is 22.9. The van der Waals surface area contributed by atoms with Crippen molar-refractivity contribution >= 4 is 33.0 Å². The van der Waals surface area contributed by atoms with E-state index in [0.717, 1.165) is 18.5 Å². The van der Waals surface area contributed by atoms with Crippen LogP contribution in [0.25, 0.3) is 5.70 Å². The molecule has 196 valence electrons. The van der Waals surface area contributed by atoms with Crippen molar-refractivity contribution < 1.29 is 23.1 Å². The summed E-state index contributed by atoms with van der Waals surface area (Å²) in [5.41, 5.74) is 1.10. The Morgan fingerprint density at radius 1 is 1.34 bits per heavy atom. The summed E-state index contributed by atoms with van der Waals surface area (Å²) in [5, 5.41) is 13.4. The summed E-state index contributed by atoms with van der Waals surface area (Å²) < 4.78 is 31.2. The molecule has 0 aliphatic heterocycles. The van der Waals surface area contributed by atoms with Gasteiger partial charge in [-0.3, -0.25) is 9.36 Å². The molecular weight excluding hydrogens is 490 g/mol. The Morgan fingerprint density at radius 2 is 2.00 bits per heavy atom. The van der Waals surface area contributed by atoms with Crippen molar-refractivity contribution in [3.05, 3.63) is 34.4 Å². The monoisotopic (exact) mass is 527 g/mol. The van der Waals surface area contributed by atoms with E-state index in [0.29, 0.717) is 43.8 Å². The number of aliphatic hydroxyl groups is 1. The Labute approximate surface area is 213 Å². The Morgan fingerprint density at radius 3 is 2.54 bits per heavy atom. The highest BCUT2D eigenvalue weighted by Gasteiger charge is 2.37. The first-order valence-electron chi connectivity index (χ1n) is 12.3. The van der Waals surface area contributed by atoms with Gasteiger partial charge >= 0.3 is 0 Å². The molecule has 0 bridgehead atoms. The summed E-state index contributed by atoms with van der Waals surface area (Å²) in [7, 11) is -1.47. The summed E-state index contributed by atoms with van der Waals surface area (Å²) in [6.07, 6.45) is 8.79. The number of allylic oxidation sites excluding steroid dienone is 2. The van der Waals surface area contributed by atoms with Gasteiger partial charge in [0.05, 0.1) is 16.5 Å². The van der Waals surface area contributed by atoms with Crippen LogP contribution in [0.2, 0.25) is 5.15 Å². The second kappa shape index (κ2) is 11.2. The van der Waals surface area contributed by atoms with E-state index in [4.69, 9.17) is 16.3 Å². The number of rotatable bonds is 9. The number of nitrogens with one attached hydrogen (secondary N) is 1. The minimum absolute atomic E-state index is 0.0116. The van der Waals surface area contributed by atoms with Gasteiger partial charge in [-0.1, -0.05) is 44.0 Å². The van der Waals surface area contributed by atoms with E-state index < -0.39 is 26.6 Å². The number of sulfone groups is 1. The van der Waals surface area contributed by atoms with Gasteiger partial charge in [0, 0.05) is 32.8 Å². The van der Waals surface area contributed by atoms with E-state index in [1.807, 2.05) is 13.0 Å². The van der Waals surface area contributed by atoms with Crippen molar-refractivity contribution in [1.29, 1.82) is 0 Å². The summed E-state index contributed by atoms with van der Waals surface area (Å²) in [4.78, 5) is 17.5. The number of ether oxygens (including phenoxy) is 1. The molecule has 1 aromatic rings. The molecule has 8 nitrogen and oxygen atoms in total. The van der Waals surface area contributed by atoms with E-state index >= 15 is 0 Å². The summed E-state index contributed by atoms with van der Waals surface area (Å²) in [5.74, 6) is 0.730. The van der Waals surface area contributed by atoms with Crippen LogP contribution in [0.3, 0.4) is 0 Å². The van der Waals surface area contributed by atoms with Gasteiger partial charge in [-0.25, -0.2) is 13.4 Å². The lowest BCUT2D eigenvalue weighted by molar-refractivity contribution is 0.00607. The summed E-state index contributed by atoms with van der Waals surface area (Å²) in [6, 6.07) is 0. The van der Waals surface area contributed by atoms with E-state index in [-0.39, 0.29) is 23.5 Å². The van der Waals surface area contributed by atoms with Gasteiger partial charge in [-0.05, 0) is 44.1 Å². The molecule has 35 heavy (non-hydrogen) atoms. The number of hydrogen-bond donors (Lipinski definition) is 2. The van der Waals surface area contributed by atoms with Crippen LogP contribution in [0.4, 0.5) is 0 Å². The maximum absolute atomic E-state index is 13.0. The van der Waals surface area contributed by atoms with Gasteiger partial charge < -0.3 is 15.2 Å². The molecule has 1 amide bonds. The lowest BCUT2D eigenvalue weighted by atomic mass is 9.84. The normalized spacial score (nSPS) is 25.4. The van der Waals surface area contributed by atoms with E-state index in [9.17, 15) is 18.3 Å². The fourth-order valence-corrected chi connectivity index (χ4v) is 6.39. The number of aryl methyl sites for hydroxylation is 1. The Kier molecular flexibility index (Phi) is 8.89. The first kappa shape index (κ1) is 27.9. The lowest BCUT2D eigenvalue weighted by Gasteiger charge is -2.35. The number of nitrogens with zero attached hydrogens (tertiary/aromatic N) is 2. The SMILES string of the molecule is CCc1nc(C(=O)NC[C@]2(O)CC[C@@H](S(C)(=O)=O)CC2)c(Cl)n1C1=CC=C(CC(C)C)C[C@H]1OC. The predicted octanol–water partition coefficient (Wildman–Crippen LogP) is 3.78. The van der Waals surface area contributed by atoms with Crippen molar-refractivity contribution in [3.63, 3.8) is 0 Å². The van der Waals surface area contributed by atoms with E-state index in [2.05, 4.69) is 30.2 Å². The highest BCUT2D eigenvalue weighted by molar-refractivity contribution is 7.91. The van der Waals surface area contributed by atoms with Gasteiger partial charge in [-0.15, -0.1) is 0 Å². The second-order valence-corrected chi connectivity index (χ2v) is 12.9. The molecule has 2 aliphatic rings. The van der Waals surface area contributed by atoms with E-state index in [1.54, 1.807) is 11.7 Å². The Balaban J connectivity index is 1.77. The molecule has 1 fully saturated rings. The van der Waals surface area contributed by atoms with Crippen LogP contribution in [0.1, 0.15) is 75.6 Å². The largest absolute Gasteiger partial charge is 0.388 e. The van der Waals surface area contributed by atoms with E-state index in [1.165, 1.54) is 11.8 Å². The first-order valence-corrected chi connectivity index (χ1v) is 14.6. The second-order valence-electron chi connectivity index (χ2n) is 10.2. The minimum atomic E-state index is -3.14. The molecule has 1 saturated carbocycles. The smallest absolute Gasteiger partial charge is 0.273 e. The zero-order valence-electron chi connectivity index (χ0n) is 21.3. The highest BCUT2D eigenvalue weighted by atomic mass is 35.5. The number of methoxy groups -OCH3 is 1. The maximum atomic E-state index is 13.0. The van der Waals surface area contributed by atoms with Gasteiger partial charge in [0.25, 0.3) is 5.91 Å². The van der Waals surface area contributed by atoms with Gasteiger partial charge in [0.1, 0.15) is 26.9 Å². The third kappa shape index (κ3) is 6.56. The van der Waals surface area contributed by atoms with Gasteiger partial charge in [0.15, 0.2) is 5.69 Å². The van der Waals surface area contributed by atoms with Crippen LogP contribution in [-0.4, -0.2) is 65.8 Å². The third-order valence-electron chi connectivity index (χ3n) is 6.95. The Bertz CT molecular complexity index is 1100. The predicted molar refractivity (Wildman–Crippen MR) is 138 cm³/mol. The molecule has 2 aliphatic carbocycles. The van der Waals surface area contributed by atoms with Crippen LogP contribution in [0, 0.1) is 5.92 Å². The maximum Gasteiger partial charge on any atom is 0.273 e. The number of hydrogen-bond acceptors (Lipinski definition) is 6. The molecule has 3 rings (SSSR count). The van der Waals surface area contributed by atoms with Crippen LogP contribution in [0.5, 0.6) is 0 Å². The third-order valence-corrected chi connectivity index (χ3v) is 8.98. The molecule has 0 radical (unpaired) electrons. The number of aromatic nitrogens is 2. The van der Waals surface area contributed by atoms with Gasteiger partial charge in [-0.2, -0.15) is 0 Å². The fourth-order valence-electron chi connectivity index (χ4n) is 4.97. The quantitative estimate of drug-likeness (QED) is 0.505. The molecule has 10 heteroatoms. The number of imidazole rings is 1. The van der Waals surface area contributed by atoms with Crippen molar-refractivity contribution in [3.8, 4) is 0 Å². The topological polar surface area (TPSA) is 111 Å². The standard InChI is InChI=1S/C25H38ClN3O5S/c1-6-21-28-22(24(30)27-15-25(31)11-9-18(10-12-25)35(5,32)33)23(26)29(21)19-8-7-17(13-16(2)3)14-20(19)34-4/h7-8,16,18,20,31H,6,9-15H2,1-5H3,(H,27,30)/t18-,20-,25+/m1/s1. The number of amides is 1. The Hall–Kier alpha value is -1.68. The summed E-state index contributed by atoms with van der Waals surface area (Å²) in [6.45, 7) is 6.33. The fraction of sp³-hybridized carbons (Fsp3) is 0.680. The summed E-state index contributed by atoms with van der Waals surface area (Å²) >= 11 is 6.70. The highest BCUT2D eigenvalue weighted by Crippen LogP contribution is 2.34. The van der Waals surface area contributed by atoms with Crippen molar-refractivity contribution in [2.45, 2.75) is 82.7 Å². The minimum Gasteiger partial charge on any atom is -0.388 e.